The molecule has 2 heterocycles. The Kier molecular flexibility index (Phi) is 4.67. The molecule has 3 N–H and O–H groups in total. The molecule has 1 aliphatic rings. The molecule has 22 heavy (non-hydrogen) atoms. The molecule has 5 atom stereocenters. The fraction of sp³-hybridized carbons (Fsp3) is 0.583. The largest absolute Gasteiger partial charge is 0.396 e. The Labute approximate surface area is 128 Å². The normalized spacial score (nSPS) is 32.3. The Morgan fingerprint density at radius 2 is 2.36 bits per heavy atom. The third-order valence-electron chi connectivity index (χ3n) is 3.45. The van der Waals surface area contributed by atoms with Crippen molar-refractivity contribution in [2.75, 3.05) is 6.61 Å². The van der Waals surface area contributed by atoms with Crippen LogP contribution in [0.2, 0.25) is 0 Å². The summed E-state index contributed by atoms with van der Waals surface area (Å²) < 4.78 is 21.2. The maximum atomic E-state index is 15.3. The van der Waals surface area contributed by atoms with E-state index in [9.17, 15) is 19.8 Å². The molecule has 0 aromatic carbocycles. The van der Waals surface area contributed by atoms with Gasteiger partial charge in [-0.25, -0.2) is 9.18 Å². The lowest BCUT2D eigenvalue weighted by atomic mass is 9.86. The first-order valence-corrected chi connectivity index (χ1v) is 6.67. The topological polar surface area (TPSA) is 117 Å². The van der Waals surface area contributed by atoms with Crippen LogP contribution in [-0.2, 0) is 4.74 Å². The van der Waals surface area contributed by atoms with Gasteiger partial charge in [0, 0.05) is 5.38 Å². The number of ether oxygens (including phenoxy) is 1. The molecular weight excluding hydrogens is 321 g/mol. The molecule has 2 rings (SSSR count). The number of aromatic amines is 1. The van der Waals surface area contributed by atoms with Crippen molar-refractivity contribution in [1.29, 1.82) is 0 Å². The highest BCUT2D eigenvalue weighted by Crippen LogP contribution is 2.45. The molecule has 1 aromatic rings. The van der Waals surface area contributed by atoms with E-state index < -0.39 is 47.9 Å². The zero-order valence-corrected chi connectivity index (χ0v) is 12.1. The quantitative estimate of drug-likeness (QED) is 0.593. The first-order valence-electron chi connectivity index (χ1n) is 6.29. The van der Waals surface area contributed by atoms with E-state index in [0.29, 0.717) is 4.68 Å². The van der Waals surface area contributed by atoms with Crippen LogP contribution in [0.15, 0.2) is 15.8 Å². The lowest BCUT2D eigenvalue weighted by Gasteiger charge is -2.25. The summed E-state index contributed by atoms with van der Waals surface area (Å²) in [6.07, 6.45) is -3.20. The molecular formula is C12H13ClFN3O5. The summed E-state index contributed by atoms with van der Waals surface area (Å²) in [6.45, 7) is 0.638. The van der Waals surface area contributed by atoms with Gasteiger partial charge in [0.1, 0.15) is 6.20 Å². The van der Waals surface area contributed by atoms with Gasteiger partial charge >= 0.3 is 5.69 Å². The maximum Gasteiger partial charge on any atom is 0.347 e. The average molecular weight is 334 g/mol. The summed E-state index contributed by atoms with van der Waals surface area (Å²) in [6, 6.07) is 0. The molecule has 1 aromatic heterocycles. The predicted octanol–water partition coefficient (Wildman–Crippen LogP) is -1.27. The predicted molar refractivity (Wildman–Crippen MR) is 72.8 cm³/mol. The number of alkyl halides is 1. The molecule has 0 saturated carbocycles. The van der Waals surface area contributed by atoms with E-state index in [1.54, 1.807) is 0 Å². The highest BCUT2D eigenvalue weighted by Gasteiger charge is 2.59. The van der Waals surface area contributed by atoms with Crippen molar-refractivity contribution in [1.82, 2.24) is 14.8 Å². The number of nitrogens with one attached hydrogen (secondary N) is 1. The van der Waals surface area contributed by atoms with E-state index in [1.165, 1.54) is 6.92 Å². The van der Waals surface area contributed by atoms with Crippen molar-refractivity contribution in [3.63, 3.8) is 0 Å². The summed E-state index contributed by atoms with van der Waals surface area (Å²) in [5.74, 6) is 0.798. The van der Waals surface area contributed by atoms with Gasteiger partial charge in [-0.2, -0.15) is 9.78 Å². The van der Waals surface area contributed by atoms with Gasteiger partial charge in [-0.3, -0.25) is 9.78 Å². The number of hydrogen-bond donors (Lipinski definition) is 3. The molecule has 0 spiro atoms. The van der Waals surface area contributed by atoms with E-state index in [-0.39, 0.29) is 0 Å². The SMILES string of the molecule is C[C@H](O)[C@H]1O[C@@H](n2ncc(=O)[nH]c2=O)C(F)(C#CCl)C1CO. The molecule has 120 valence electrons. The van der Waals surface area contributed by atoms with E-state index in [2.05, 4.69) is 11.0 Å². The van der Waals surface area contributed by atoms with Gasteiger partial charge in [0.25, 0.3) is 5.56 Å². The van der Waals surface area contributed by atoms with Crippen LogP contribution in [0.25, 0.3) is 0 Å². The van der Waals surface area contributed by atoms with Crippen molar-refractivity contribution in [2.24, 2.45) is 5.92 Å². The number of aliphatic hydroxyl groups is 2. The van der Waals surface area contributed by atoms with Crippen LogP contribution in [-0.4, -0.2) is 49.5 Å². The van der Waals surface area contributed by atoms with Gasteiger partial charge in [0.05, 0.1) is 24.7 Å². The summed E-state index contributed by atoms with van der Waals surface area (Å²) >= 11 is 5.27. The van der Waals surface area contributed by atoms with Gasteiger partial charge in [0.15, 0.2) is 0 Å². The fourth-order valence-corrected chi connectivity index (χ4v) is 2.59. The third-order valence-corrected chi connectivity index (χ3v) is 3.55. The number of rotatable bonds is 3. The average Bonchev–Trinajstić information content (AvgIpc) is 2.72. The Bertz CT molecular complexity index is 724. The zero-order valence-electron chi connectivity index (χ0n) is 11.4. The number of aliphatic hydroxyl groups excluding tert-OH is 2. The highest BCUT2D eigenvalue weighted by atomic mass is 35.5. The van der Waals surface area contributed by atoms with Crippen molar-refractivity contribution in [3.8, 4) is 11.3 Å². The molecule has 1 fully saturated rings. The maximum absolute atomic E-state index is 15.3. The molecule has 0 bridgehead atoms. The van der Waals surface area contributed by atoms with Gasteiger partial charge in [0.2, 0.25) is 11.9 Å². The third kappa shape index (κ3) is 2.66. The van der Waals surface area contributed by atoms with E-state index in [1.807, 2.05) is 10.4 Å². The molecule has 0 amide bonds. The van der Waals surface area contributed by atoms with Crippen LogP contribution < -0.4 is 11.2 Å². The summed E-state index contributed by atoms with van der Waals surface area (Å²) in [5.41, 5.74) is -4.36. The number of nitrogens with zero attached hydrogens (tertiary/aromatic N) is 2. The summed E-state index contributed by atoms with van der Waals surface area (Å²) in [7, 11) is 0. The van der Waals surface area contributed by atoms with Crippen molar-refractivity contribution >= 4 is 11.6 Å². The minimum atomic E-state index is -2.58. The smallest absolute Gasteiger partial charge is 0.347 e. The summed E-state index contributed by atoms with van der Waals surface area (Å²) in [5, 5.41) is 24.5. The van der Waals surface area contributed by atoms with Crippen LogP contribution in [0, 0.1) is 17.2 Å². The second kappa shape index (κ2) is 6.18. The second-order valence-corrected chi connectivity index (χ2v) is 5.04. The standard InChI is InChI=1S/C12H13ClFN3O5/c1-6(19)9-7(5-18)12(14,2-3-13)10(22-9)17-11(21)16-8(20)4-15-17/h4,6-7,9-10,18-19H,5H2,1H3,(H,16,20,21)/t6-,7?,9+,10+,12?/m0/s1. The van der Waals surface area contributed by atoms with Crippen molar-refractivity contribution in [2.45, 2.75) is 31.0 Å². The van der Waals surface area contributed by atoms with E-state index >= 15 is 4.39 Å². The Morgan fingerprint density at radius 1 is 1.68 bits per heavy atom. The van der Waals surface area contributed by atoms with Gasteiger partial charge in [-0.1, -0.05) is 0 Å². The van der Waals surface area contributed by atoms with Crippen LogP contribution in [0.5, 0.6) is 0 Å². The van der Waals surface area contributed by atoms with E-state index in [4.69, 9.17) is 16.3 Å². The minimum absolute atomic E-state index is 0.549. The van der Waals surface area contributed by atoms with E-state index in [0.717, 1.165) is 6.20 Å². The monoisotopic (exact) mass is 333 g/mol. The molecule has 1 aliphatic heterocycles. The number of halogens is 2. The lowest BCUT2D eigenvalue weighted by molar-refractivity contribution is -0.0818. The first-order chi connectivity index (χ1) is 10.3. The first kappa shape index (κ1) is 16.6. The Hall–Kier alpha value is -1.73. The second-order valence-electron chi connectivity index (χ2n) is 4.85. The number of aromatic nitrogens is 3. The van der Waals surface area contributed by atoms with Crippen LogP contribution in [0.1, 0.15) is 13.2 Å². The fourth-order valence-electron chi connectivity index (χ4n) is 2.44. The minimum Gasteiger partial charge on any atom is -0.396 e. The Balaban J connectivity index is 2.59. The Morgan fingerprint density at radius 3 is 2.86 bits per heavy atom. The summed E-state index contributed by atoms with van der Waals surface area (Å²) in [4.78, 5) is 24.7. The van der Waals surface area contributed by atoms with Crippen molar-refractivity contribution < 1.29 is 19.3 Å². The molecule has 8 nitrogen and oxygen atoms in total. The number of hydrogen-bond acceptors (Lipinski definition) is 6. The van der Waals surface area contributed by atoms with Gasteiger partial charge < -0.3 is 14.9 Å². The molecule has 1 saturated heterocycles. The highest BCUT2D eigenvalue weighted by molar-refractivity contribution is 6.30. The molecule has 10 heteroatoms. The molecule has 0 aliphatic carbocycles. The van der Waals surface area contributed by atoms with Crippen LogP contribution >= 0.6 is 11.6 Å². The molecule has 2 unspecified atom stereocenters. The lowest BCUT2D eigenvalue weighted by Crippen LogP contribution is -2.45. The van der Waals surface area contributed by atoms with Crippen LogP contribution in [0.3, 0.4) is 0 Å². The van der Waals surface area contributed by atoms with Crippen LogP contribution in [0.4, 0.5) is 4.39 Å². The van der Waals surface area contributed by atoms with Crippen molar-refractivity contribution in [3.05, 3.63) is 27.0 Å². The molecule has 0 radical (unpaired) electrons. The van der Waals surface area contributed by atoms with Gasteiger partial charge in [-0.15, -0.1) is 0 Å². The number of H-pyrrole nitrogens is 1. The zero-order chi connectivity index (χ0) is 16.5. The van der Waals surface area contributed by atoms with Gasteiger partial charge in [-0.05, 0) is 24.4 Å².